The number of pyridine rings is 1. The van der Waals surface area contributed by atoms with Gasteiger partial charge in [-0.15, -0.1) is 11.3 Å². The van der Waals surface area contributed by atoms with Crippen molar-refractivity contribution in [3.05, 3.63) is 44.5 Å². The summed E-state index contributed by atoms with van der Waals surface area (Å²) in [5, 5.41) is 16.9. The van der Waals surface area contributed by atoms with Crippen molar-refractivity contribution in [1.82, 2.24) is 9.97 Å². The molecule has 0 fully saturated rings. The minimum absolute atomic E-state index is 0.00714. The molecule has 1 N–H and O–H groups in total. The van der Waals surface area contributed by atoms with Crippen LogP contribution in [0.15, 0.2) is 23.7 Å². The molecule has 0 amide bonds. The Morgan fingerprint density at radius 3 is 2.60 bits per heavy atom. The Labute approximate surface area is 121 Å². The maximum absolute atomic E-state index is 10.6. The molecule has 2 aromatic rings. The molecule has 0 bridgehead atoms. The quantitative estimate of drug-likeness (QED) is 0.670. The van der Waals surface area contributed by atoms with Gasteiger partial charge in [0.15, 0.2) is 0 Å². The van der Waals surface area contributed by atoms with Crippen LogP contribution in [-0.2, 0) is 0 Å². The van der Waals surface area contributed by atoms with Crippen LogP contribution in [0.3, 0.4) is 0 Å². The highest BCUT2D eigenvalue weighted by atomic mass is 32.1. The van der Waals surface area contributed by atoms with E-state index in [9.17, 15) is 10.1 Å². The predicted molar refractivity (Wildman–Crippen MR) is 79.1 cm³/mol. The second kappa shape index (κ2) is 5.96. The van der Waals surface area contributed by atoms with Gasteiger partial charge < -0.3 is 5.32 Å². The van der Waals surface area contributed by atoms with E-state index in [-0.39, 0.29) is 11.7 Å². The normalized spacial score (nSPS) is 12.4. The third-order valence-corrected chi connectivity index (χ3v) is 3.96. The van der Waals surface area contributed by atoms with E-state index in [1.54, 1.807) is 17.4 Å². The van der Waals surface area contributed by atoms with Crippen molar-refractivity contribution in [1.29, 1.82) is 0 Å². The highest BCUT2D eigenvalue weighted by molar-refractivity contribution is 7.09. The maximum Gasteiger partial charge on any atom is 0.287 e. The molecule has 0 aliphatic heterocycles. The molecule has 2 rings (SSSR count). The lowest BCUT2D eigenvalue weighted by molar-refractivity contribution is -0.385. The molecule has 20 heavy (non-hydrogen) atoms. The lowest BCUT2D eigenvalue weighted by Gasteiger charge is -2.11. The van der Waals surface area contributed by atoms with Crippen LogP contribution >= 0.6 is 11.3 Å². The largest absolute Gasteiger partial charge is 0.362 e. The molecule has 0 spiro atoms. The zero-order valence-corrected chi connectivity index (χ0v) is 12.3. The fourth-order valence-corrected chi connectivity index (χ4v) is 2.57. The van der Waals surface area contributed by atoms with Gasteiger partial charge in [0, 0.05) is 17.4 Å². The number of anilines is 1. The lowest BCUT2D eigenvalue weighted by Crippen LogP contribution is -2.08. The van der Waals surface area contributed by atoms with Crippen molar-refractivity contribution in [3.8, 4) is 0 Å². The molecule has 0 aliphatic rings. The van der Waals surface area contributed by atoms with Gasteiger partial charge in [0.05, 0.1) is 21.7 Å². The summed E-state index contributed by atoms with van der Waals surface area (Å²) < 4.78 is 0. The van der Waals surface area contributed by atoms with Crippen molar-refractivity contribution in [3.63, 3.8) is 0 Å². The van der Waals surface area contributed by atoms with Crippen molar-refractivity contribution in [2.45, 2.75) is 32.7 Å². The molecule has 6 nitrogen and oxygen atoms in total. The number of hydrogen-bond acceptors (Lipinski definition) is 6. The number of nitrogens with zero attached hydrogens (tertiary/aromatic N) is 3. The van der Waals surface area contributed by atoms with Gasteiger partial charge in [-0.05, 0) is 13.0 Å². The van der Waals surface area contributed by atoms with Gasteiger partial charge in [-0.25, -0.2) is 9.97 Å². The van der Waals surface area contributed by atoms with E-state index in [0.29, 0.717) is 11.7 Å². The molecule has 1 unspecified atom stereocenters. The summed E-state index contributed by atoms with van der Waals surface area (Å²) in [5.41, 5.74) is 0.942. The van der Waals surface area contributed by atoms with Crippen LogP contribution in [0.25, 0.3) is 0 Å². The second-order valence-electron chi connectivity index (χ2n) is 4.79. The summed E-state index contributed by atoms with van der Waals surface area (Å²) in [4.78, 5) is 18.7. The first-order chi connectivity index (χ1) is 9.47. The van der Waals surface area contributed by atoms with Crippen LogP contribution in [0.5, 0.6) is 0 Å². The first-order valence-corrected chi connectivity index (χ1v) is 7.17. The third-order valence-electron chi connectivity index (χ3n) is 2.80. The van der Waals surface area contributed by atoms with Crippen LogP contribution in [0.1, 0.15) is 43.4 Å². The first kappa shape index (κ1) is 14.4. The van der Waals surface area contributed by atoms with Crippen molar-refractivity contribution >= 4 is 22.8 Å². The van der Waals surface area contributed by atoms with Gasteiger partial charge in [-0.3, -0.25) is 10.1 Å². The maximum atomic E-state index is 10.6. The van der Waals surface area contributed by atoms with E-state index >= 15 is 0 Å². The lowest BCUT2D eigenvalue weighted by atomic mass is 10.2. The van der Waals surface area contributed by atoms with Crippen LogP contribution in [0.2, 0.25) is 0 Å². The summed E-state index contributed by atoms with van der Waals surface area (Å²) in [7, 11) is 0. The zero-order valence-electron chi connectivity index (χ0n) is 11.5. The van der Waals surface area contributed by atoms with Gasteiger partial charge in [-0.2, -0.15) is 0 Å². The Balaban J connectivity index is 2.06. The van der Waals surface area contributed by atoms with Gasteiger partial charge in [0.2, 0.25) is 0 Å². The van der Waals surface area contributed by atoms with Gasteiger partial charge >= 0.3 is 0 Å². The standard InChI is InChI=1S/C13H16N4O2S/c1-8(2)13-16-11(7-20-13)9(3)15-12-5-4-10(6-14-12)17(18)19/h4-9H,1-3H3,(H,14,15). The van der Waals surface area contributed by atoms with Gasteiger partial charge in [0.25, 0.3) is 5.69 Å². The zero-order chi connectivity index (χ0) is 14.7. The molecule has 106 valence electrons. The highest BCUT2D eigenvalue weighted by Gasteiger charge is 2.13. The fraction of sp³-hybridized carbons (Fsp3) is 0.385. The summed E-state index contributed by atoms with van der Waals surface area (Å²) in [6, 6.07) is 3.04. The van der Waals surface area contributed by atoms with Crippen LogP contribution < -0.4 is 5.32 Å². The van der Waals surface area contributed by atoms with Crippen LogP contribution in [-0.4, -0.2) is 14.9 Å². The average Bonchev–Trinajstić information content (AvgIpc) is 2.89. The number of aromatic nitrogens is 2. The molecule has 0 aromatic carbocycles. The van der Waals surface area contributed by atoms with E-state index in [1.165, 1.54) is 12.3 Å². The minimum Gasteiger partial charge on any atom is -0.362 e. The molecule has 0 aliphatic carbocycles. The molecular formula is C13H16N4O2S. The summed E-state index contributed by atoms with van der Waals surface area (Å²) >= 11 is 1.64. The molecular weight excluding hydrogens is 276 g/mol. The molecule has 1 atom stereocenters. The summed E-state index contributed by atoms with van der Waals surface area (Å²) in [5.74, 6) is 1.01. The van der Waals surface area contributed by atoms with E-state index in [2.05, 4.69) is 29.1 Å². The van der Waals surface area contributed by atoms with E-state index < -0.39 is 4.92 Å². The first-order valence-electron chi connectivity index (χ1n) is 6.29. The minimum atomic E-state index is -0.463. The summed E-state index contributed by atoms with van der Waals surface area (Å²) in [6.45, 7) is 6.21. The third kappa shape index (κ3) is 3.30. The van der Waals surface area contributed by atoms with Crippen molar-refractivity contribution in [2.75, 3.05) is 5.32 Å². The van der Waals surface area contributed by atoms with E-state index in [0.717, 1.165) is 10.7 Å². The monoisotopic (exact) mass is 292 g/mol. The van der Waals surface area contributed by atoms with Gasteiger partial charge in [0.1, 0.15) is 12.0 Å². The number of nitro groups is 1. The number of rotatable bonds is 5. The Hall–Kier alpha value is -2.02. The Kier molecular flexibility index (Phi) is 4.29. The van der Waals surface area contributed by atoms with Crippen LogP contribution in [0.4, 0.5) is 11.5 Å². The number of thiazole rings is 1. The van der Waals surface area contributed by atoms with Crippen LogP contribution in [0, 0.1) is 10.1 Å². The molecule has 0 radical (unpaired) electrons. The molecule has 2 heterocycles. The number of nitrogens with one attached hydrogen (secondary N) is 1. The topological polar surface area (TPSA) is 81.0 Å². The smallest absolute Gasteiger partial charge is 0.287 e. The summed E-state index contributed by atoms with van der Waals surface area (Å²) in [6.07, 6.45) is 1.25. The van der Waals surface area contributed by atoms with E-state index in [4.69, 9.17) is 0 Å². The molecule has 0 saturated heterocycles. The molecule has 7 heteroatoms. The van der Waals surface area contributed by atoms with E-state index in [1.807, 2.05) is 12.3 Å². The fourth-order valence-electron chi connectivity index (χ4n) is 1.64. The Bertz CT molecular complexity index is 595. The SMILES string of the molecule is CC(C)c1nc(C(C)Nc2ccc([N+](=O)[O-])cn2)cs1. The van der Waals surface area contributed by atoms with Crippen molar-refractivity contribution < 1.29 is 4.92 Å². The Morgan fingerprint density at radius 2 is 2.10 bits per heavy atom. The molecule has 0 saturated carbocycles. The van der Waals surface area contributed by atoms with Gasteiger partial charge in [-0.1, -0.05) is 13.8 Å². The predicted octanol–water partition coefficient (Wildman–Crippen LogP) is 3.74. The number of hydrogen-bond donors (Lipinski definition) is 1. The average molecular weight is 292 g/mol. The molecule has 2 aromatic heterocycles. The Morgan fingerprint density at radius 1 is 1.35 bits per heavy atom. The second-order valence-corrected chi connectivity index (χ2v) is 5.68. The highest BCUT2D eigenvalue weighted by Crippen LogP contribution is 2.24. The van der Waals surface area contributed by atoms with Crippen molar-refractivity contribution in [2.24, 2.45) is 0 Å².